The Hall–Kier alpha value is -1.71. The molecule has 2 N–H and O–H groups in total. The molecule has 1 fully saturated rings. The van der Waals surface area contributed by atoms with Crippen molar-refractivity contribution in [2.75, 3.05) is 25.6 Å². The lowest BCUT2D eigenvalue weighted by Gasteiger charge is -2.22. The summed E-state index contributed by atoms with van der Waals surface area (Å²) in [4.78, 5) is 10.1. The predicted molar refractivity (Wildman–Crippen MR) is 76.8 cm³/mol. The van der Waals surface area contributed by atoms with Crippen LogP contribution in [0.25, 0.3) is 0 Å². The van der Waals surface area contributed by atoms with Gasteiger partial charge in [-0.15, -0.1) is 0 Å². The van der Waals surface area contributed by atoms with Gasteiger partial charge in [0.25, 0.3) is 5.69 Å². The Morgan fingerprint density at radius 2 is 2.00 bits per heavy atom. The van der Waals surface area contributed by atoms with Gasteiger partial charge >= 0.3 is 0 Å². The van der Waals surface area contributed by atoms with Gasteiger partial charge < -0.3 is 10.1 Å². The number of nitrogens with zero attached hydrogens (tertiary/aromatic N) is 1. The summed E-state index contributed by atoms with van der Waals surface area (Å²) in [6, 6.07) is 3.68. The molecule has 0 atom stereocenters. The third-order valence-electron chi connectivity index (χ3n) is 3.28. The highest BCUT2D eigenvalue weighted by molar-refractivity contribution is 7.89. The number of anilines is 1. The van der Waals surface area contributed by atoms with Crippen molar-refractivity contribution in [1.82, 2.24) is 4.72 Å². The lowest BCUT2D eigenvalue weighted by Crippen LogP contribution is -2.39. The third kappa shape index (κ3) is 3.69. The summed E-state index contributed by atoms with van der Waals surface area (Å²) in [6.45, 7) is 0.960. The molecule has 0 aromatic heterocycles. The van der Waals surface area contributed by atoms with Crippen LogP contribution < -0.4 is 10.0 Å². The number of benzene rings is 1. The molecule has 1 saturated heterocycles. The van der Waals surface area contributed by atoms with Gasteiger partial charge in [-0.25, -0.2) is 13.1 Å². The zero-order valence-corrected chi connectivity index (χ0v) is 12.4. The molecular formula is C12H17N3O5S. The number of hydrogen-bond acceptors (Lipinski definition) is 6. The molecule has 0 aliphatic carbocycles. The molecule has 2 rings (SSSR count). The van der Waals surface area contributed by atoms with Crippen LogP contribution >= 0.6 is 0 Å². The summed E-state index contributed by atoms with van der Waals surface area (Å²) in [5, 5.41) is 13.8. The number of sulfonamides is 1. The number of nitro benzene ring substituents is 1. The fourth-order valence-corrected chi connectivity index (χ4v) is 3.60. The lowest BCUT2D eigenvalue weighted by atomic mass is 10.1. The van der Waals surface area contributed by atoms with E-state index in [0.29, 0.717) is 31.7 Å². The molecule has 9 heteroatoms. The van der Waals surface area contributed by atoms with E-state index in [4.69, 9.17) is 4.74 Å². The number of nitro groups is 1. The van der Waals surface area contributed by atoms with E-state index in [-0.39, 0.29) is 10.9 Å². The predicted octanol–water partition coefficient (Wildman–Crippen LogP) is 1.09. The SMILES string of the molecule is CNc1ccc(S(=O)(=O)NC2CCOCC2)c([N+](=O)[O-])c1. The summed E-state index contributed by atoms with van der Waals surface area (Å²) >= 11 is 0. The molecular weight excluding hydrogens is 298 g/mol. The minimum absolute atomic E-state index is 0.257. The van der Waals surface area contributed by atoms with Gasteiger partial charge in [-0.1, -0.05) is 0 Å². The molecule has 1 heterocycles. The summed E-state index contributed by atoms with van der Waals surface area (Å²) < 4.78 is 32.4. The molecule has 0 unspecified atom stereocenters. The van der Waals surface area contributed by atoms with Crippen molar-refractivity contribution in [3.8, 4) is 0 Å². The van der Waals surface area contributed by atoms with Crippen molar-refractivity contribution in [2.45, 2.75) is 23.8 Å². The largest absolute Gasteiger partial charge is 0.388 e. The van der Waals surface area contributed by atoms with Crippen LogP contribution in [0.4, 0.5) is 11.4 Å². The maximum atomic E-state index is 12.3. The van der Waals surface area contributed by atoms with Crippen LogP contribution in [0.5, 0.6) is 0 Å². The Morgan fingerprint density at radius 3 is 2.57 bits per heavy atom. The van der Waals surface area contributed by atoms with Crippen molar-refractivity contribution in [3.63, 3.8) is 0 Å². The molecule has 8 nitrogen and oxygen atoms in total. The van der Waals surface area contributed by atoms with E-state index in [0.717, 1.165) is 0 Å². The van der Waals surface area contributed by atoms with Gasteiger partial charge in [-0.2, -0.15) is 0 Å². The van der Waals surface area contributed by atoms with Crippen LogP contribution in [-0.2, 0) is 14.8 Å². The first kappa shape index (κ1) is 15.7. The van der Waals surface area contributed by atoms with E-state index < -0.39 is 20.6 Å². The molecule has 1 aromatic rings. The molecule has 1 aliphatic heterocycles. The maximum Gasteiger partial charge on any atom is 0.291 e. The van der Waals surface area contributed by atoms with Crippen LogP contribution in [0.3, 0.4) is 0 Å². The van der Waals surface area contributed by atoms with Gasteiger partial charge in [0.05, 0.1) is 4.92 Å². The number of hydrogen-bond donors (Lipinski definition) is 2. The van der Waals surface area contributed by atoms with Crippen molar-refractivity contribution >= 4 is 21.4 Å². The van der Waals surface area contributed by atoms with Gasteiger partial charge in [-0.3, -0.25) is 10.1 Å². The second-order valence-electron chi connectivity index (χ2n) is 4.70. The van der Waals surface area contributed by atoms with Crippen molar-refractivity contribution in [3.05, 3.63) is 28.3 Å². The topological polar surface area (TPSA) is 111 Å². The highest BCUT2D eigenvalue weighted by Crippen LogP contribution is 2.27. The molecule has 116 valence electrons. The maximum absolute atomic E-state index is 12.3. The van der Waals surface area contributed by atoms with Gasteiger partial charge in [0.15, 0.2) is 4.90 Å². The smallest absolute Gasteiger partial charge is 0.291 e. The molecule has 0 saturated carbocycles. The average Bonchev–Trinajstić information content (AvgIpc) is 2.47. The van der Waals surface area contributed by atoms with E-state index in [1.165, 1.54) is 18.2 Å². The summed E-state index contributed by atoms with van der Waals surface area (Å²) in [5.41, 5.74) is 0.0353. The Labute approximate surface area is 122 Å². The molecule has 0 spiro atoms. The summed E-state index contributed by atoms with van der Waals surface area (Å²) in [6.07, 6.45) is 1.11. The van der Waals surface area contributed by atoms with Gasteiger partial charge in [0.1, 0.15) is 0 Å². The Balaban J connectivity index is 2.32. The molecule has 0 amide bonds. The van der Waals surface area contributed by atoms with Gasteiger partial charge in [0.2, 0.25) is 10.0 Å². The van der Waals surface area contributed by atoms with Gasteiger partial charge in [0, 0.05) is 38.1 Å². The van der Waals surface area contributed by atoms with E-state index in [1.54, 1.807) is 7.05 Å². The van der Waals surface area contributed by atoms with Crippen LogP contribution in [0, 0.1) is 10.1 Å². The second-order valence-corrected chi connectivity index (χ2v) is 6.38. The van der Waals surface area contributed by atoms with Gasteiger partial charge in [-0.05, 0) is 25.0 Å². The van der Waals surface area contributed by atoms with E-state index in [1.807, 2.05) is 0 Å². The second kappa shape index (κ2) is 6.37. The first-order chi connectivity index (χ1) is 9.94. The lowest BCUT2D eigenvalue weighted by molar-refractivity contribution is -0.387. The first-order valence-electron chi connectivity index (χ1n) is 6.50. The summed E-state index contributed by atoms with van der Waals surface area (Å²) in [5.74, 6) is 0. The highest BCUT2D eigenvalue weighted by Gasteiger charge is 2.29. The van der Waals surface area contributed by atoms with Crippen LogP contribution in [0.1, 0.15) is 12.8 Å². The fraction of sp³-hybridized carbons (Fsp3) is 0.500. The van der Waals surface area contributed by atoms with Crippen LogP contribution in [0.15, 0.2) is 23.1 Å². The third-order valence-corrected chi connectivity index (χ3v) is 4.84. The monoisotopic (exact) mass is 315 g/mol. The quantitative estimate of drug-likeness (QED) is 0.621. The van der Waals surface area contributed by atoms with Crippen molar-refractivity contribution < 1.29 is 18.1 Å². The van der Waals surface area contributed by atoms with Crippen molar-refractivity contribution in [2.24, 2.45) is 0 Å². The normalized spacial score (nSPS) is 16.6. The zero-order valence-electron chi connectivity index (χ0n) is 11.5. The van der Waals surface area contributed by atoms with E-state index in [2.05, 4.69) is 10.0 Å². The highest BCUT2D eigenvalue weighted by atomic mass is 32.2. The molecule has 0 radical (unpaired) electrons. The van der Waals surface area contributed by atoms with E-state index >= 15 is 0 Å². The number of nitrogens with one attached hydrogen (secondary N) is 2. The number of ether oxygens (including phenoxy) is 1. The van der Waals surface area contributed by atoms with Crippen molar-refractivity contribution in [1.29, 1.82) is 0 Å². The standard InChI is InChI=1S/C12H17N3O5S/c1-13-10-2-3-12(11(8-10)15(16)17)21(18,19)14-9-4-6-20-7-5-9/h2-3,8-9,13-14H,4-7H2,1H3. The molecule has 1 aromatic carbocycles. The van der Waals surface area contributed by atoms with E-state index in [9.17, 15) is 18.5 Å². The Kier molecular flexibility index (Phi) is 4.76. The fourth-order valence-electron chi connectivity index (χ4n) is 2.14. The first-order valence-corrected chi connectivity index (χ1v) is 7.98. The minimum Gasteiger partial charge on any atom is -0.388 e. The molecule has 21 heavy (non-hydrogen) atoms. The summed E-state index contributed by atoms with van der Waals surface area (Å²) in [7, 11) is -2.33. The zero-order chi connectivity index (χ0) is 15.5. The number of rotatable bonds is 5. The van der Waals surface area contributed by atoms with Crippen LogP contribution in [0.2, 0.25) is 0 Å². The molecule has 1 aliphatic rings. The Morgan fingerprint density at radius 1 is 1.33 bits per heavy atom. The minimum atomic E-state index is -3.94. The Bertz CT molecular complexity index is 626. The molecule has 0 bridgehead atoms. The van der Waals surface area contributed by atoms with Crippen LogP contribution in [-0.4, -0.2) is 39.6 Å². The average molecular weight is 315 g/mol.